The molecule has 0 aliphatic rings. The van der Waals surface area contributed by atoms with Gasteiger partial charge in [0.25, 0.3) is 5.56 Å². The molecule has 0 atom stereocenters. The Morgan fingerprint density at radius 2 is 1.74 bits per heavy atom. The maximum Gasteiger partial charge on any atom is 0.285 e. The first kappa shape index (κ1) is 24.2. The van der Waals surface area contributed by atoms with Crippen molar-refractivity contribution >= 4 is 21.6 Å². The SMILES string of the molecule is CCc1nn(CC(=O)Nc2ccc(S(=O)(=O)N(CC)CC)cc2)c(=O)c(C#N)c1CC. The van der Waals surface area contributed by atoms with Crippen molar-refractivity contribution in [1.82, 2.24) is 14.1 Å². The van der Waals surface area contributed by atoms with Crippen LogP contribution < -0.4 is 10.9 Å². The van der Waals surface area contributed by atoms with Crippen LogP contribution in [0.3, 0.4) is 0 Å². The number of aryl methyl sites for hydroxylation is 1. The van der Waals surface area contributed by atoms with Gasteiger partial charge in [-0.15, -0.1) is 0 Å². The molecule has 0 unspecified atom stereocenters. The minimum absolute atomic E-state index is 0.00751. The molecule has 0 aliphatic heterocycles. The number of rotatable bonds is 9. The van der Waals surface area contributed by atoms with Crippen LogP contribution in [-0.4, -0.2) is 41.5 Å². The van der Waals surface area contributed by atoms with E-state index in [-0.39, 0.29) is 17.0 Å². The standard InChI is InChI=1S/C21H27N5O4S/c1-5-17-18(13-22)21(28)26(24-19(17)6-2)14-20(27)23-15-9-11-16(12-10-15)31(29,30)25(7-3)8-4/h9-12H,5-8,14H2,1-4H3,(H,23,27). The highest BCUT2D eigenvalue weighted by Gasteiger charge is 2.21. The molecule has 0 radical (unpaired) electrons. The van der Waals surface area contributed by atoms with Gasteiger partial charge in [-0.25, -0.2) is 13.1 Å². The van der Waals surface area contributed by atoms with Crippen LogP contribution in [0, 0.1) is 11.3 Å². The molecule has 0 saturated heterocycles. The van der Waals surface area contributed by atoms with Gasteiger partial charge in [-0.1, -0.05) is 27.7 Å². The molecule has 0 spiro atoms. The van der Waals surface area contributed by atoms with Crippen molar-refractivity contribution in [3.8, 4) is 6.07 Å². The Bertz CT molecular complexity index is 1140. The summed E-state index contributed by atoms with van der Waals surface area (Å²) in [6.07, 6.45) is 1.03. The van der Waals surface area contributed by atoms with Gasteiger partial charge in [0.1, 0.15) is 18.2 Å². The van der Waals surface area contributed by atoms with Crippen molar-refractivity contribution in [2.75, 3.05) is 18.4 Å². The Kier molecular flexibility index (Phi) is 8.08. The Hall–Kier alpha value is -3.03. The summed E-state index contributed by atoms with van der Waals surface area (Å²) in [6.45, 7) is 7.61. The van der Waals surface area contributed by atoms with E-state index in [1.807, 2.05) is 19.9 Å². The van der Waals surface area contributed by atoms with E-state index in [2.05, 4.69) is 10.4 Å². The molecule has 31 heavy (non-hydrogen) atoms. The third-order valence-electron chi connectivity index (χ3n) is 4.91. The molecule has 1 aromatic heterocycles. The van der Waals surface area contributed by atoms with Gasteiger partial charge in [0.15, 0.2) is 0 Å². The zero-order chi connectivity index (χ0) is 23.2. The van der Waals surface area contributed by atoms with Crippen LogP contribution in [0.2, 0.25) is 0 Å². The third kappa shape index (κ3) is 5.18. The number of sulfonamides is 1. The van der Waals surface area contributed by atoms with Gasteiger partial charge in [0.2, 0.25) is 15.9 Å². The Labute approximate surface area is 182 Å². The lowest BCUT2D eigenvalue weighted by atomic mass is 10.0. The summed E-state index contributed by atoms with van der Waals surface area (Å²) in [5.74, 6) is -0.510. The first-order chi connectivity index (χ1) is 14.7. The van der Waals surface area contributed by atoms with E-state index in [0.29, 0.717) is 42.9 Å². The van der Waals surface area contributed by atoms with Crippen LogP contribution in [-0.2, 0) is 34.2 Å². The fourth-order valence-electron chi connectivity index (χ4n) is 3.30. The number of carbonyl (C=O) groups excluding carboxylic acids is 1. The molecule has 0 bridgehead atoms. The average molecular weight is 446 g/mol. The zero-order valence-electron chi connectivity index (χ0n) is 18.2. The van der Waals surface area contributed by atoms with E-state index in [1.165, 1.54) is 28.6 Å². The predicted octanol–water partition coefficient (Wildman–Crippen LogP) is 1.91. The van der Waals surface area contributed by atoms with Crippen molar-refractivity contribution < 1.29 is 13.2 Å². The second-order valence-corrected chi connectivity index (χ2v) is 8.68. The van der Waals surface area contributed by atoms with Crippen LogP contribution >= 0.6 is 0 Å². The number of anilines is 1. The van der Waals surface area contributed by atoms with Crippen LogP contribution in [0.5, 0.6) is 0 Å². The summed E-state index contributed by atoms with van der Waals surface area (Å²) >= 11 is 0. The van der Waals surface area contributed by atoms with Crippen molar-refractivity contribution in [2.24, 2.45) is 0 Å². The molecule has 1 amide bonds. The Morgan fingerprint density at radius 1 is 1.13 bits per heavy atom. The van der Waals surface area contributed by atoms with Crippen LogP contribution in [0.15, 0.2) is 34.0 Å². The molecule has 1 N–H and O–H groups in total. The van der Waals surface area contributed by atoms with Gasteiger partial charge in [0, 0.05) is 18.8 Å². The normalized spacial score (nSPS) is 11.4. The van der Waals surface area contributed by atoms with Gasteiger partial charge >= 0.3 is 0 Å². The first-order valence-corrected chi connectivity index (χ1v) is 11.6. The van der Waals surface area contributed by atoms with Crippen molar-refractivity contribution in [1.29, 1.82) is 5.26 Å². The minimum Gasteiger partial charge on any atom is -0.324 e. The molecular weight excluding hydrogens is 418 g/mol. The lowest BCUT2D eigenvalue weighted by molar-refractivity contribution is -0.117. The fourth-order valence-corrected chi connectivity index (χ4v) is 4.76. The number of carbonyl (C=O) groups is 1. The topological polar surface area (TPSA) is 125 Å². The van der Waals surface area contributed by atoms with E-state index in [0.717, 1.165) is 4.68 Å². The van der Waals surface area contributed by atoms with E-state index in [1.54, 1.807) is 13.8 Å². The highest BCUT2D eigenvalue weighted by molar-refractivity contribution is 7.89. The van der Waals surface area contributed by atoms with Crippen molar-refractivity contribution in [2.45, 2.75) is 52.0 Å². The molecule has 0 aliphatic carbocycles. The van der Waals surface area contributed by atoms with Gasteiger partial charge < -0.3 is 5.32 Å². The van der Waals surface area contributed by atoms with E-state index in [9.17, 15) is 23.3 Å². The number of hydrogen-bond donors (Lipinski definition) is 1. The molecule has 10 heteroatoms. The highest BCUT2D eigenvalue weighted by atomic mass is 32.2. The van der Waals surface area contributed by atoms with Crippen LogP contribution in [0.1, 0.15) is 44.5 Å². The largest absolute Gasteiger partial charge is 0.324 e. The number of nitrogens with zero attached hydrogens (tertiary/aromatic N) is 4. The summed E-state index contributed by atoms with van der Waals surface area (Å²) in [4.78, 5) is 25.1. The average Bonchev–Trinajstić information content (AvgIpc) is 2.75. The van der Waals surface area contributed by atoms with Crippen molar-refractivity contribution in [3.63, 3.8) is 0 Å². The summed E-state index contributed by atoms with van der Waals surface area (Å²) in [5.41, 5.74) is 1.01. The smallest absolute Gasteiger partial charge is 0.285 e. The molecule has 166 valence electrons. The first-order valence-electron chi connectivity index (χ1n) is 10.2. The molecule has 1 heterocycles. The molecule has 2 aromatic rings. The lowest BCUT2D eigenvalue weighted by Gasteiger charge is -2.18. The second kappa shape index (κ2) is 10.3. The van der Waals surface area contributed by atoms with Crippen molar-refractivity contribution in [3.05, 3.63) is 51.4 Å². The minimum atomic E-state index is -3.59. The Balaban J connectivity index is 2.23. The Morgan fingerprint density at radius 3 is 2.23 bits per heavy atom. The number of hydrogen-bond acceptors (Lipinski definition) is 6. The monoisotopic (exact) mass is 445 g/mol. The summed E-state index contributed by atoms with van der Waals surface area (Å²) in [5, 5.41) is 16.2. The summed E-state index contributed by atoms with van der Waals surface area (Å²) in [6, 6.07) is 7.75. The van der Waals surface area contributed by atoms with E-state index >= 15 is 0 Å². The maximum atomic E-state index is 12.5. The third-order valence-corrected chi connectivity index (χ3v) is 6.98. The number of nitriles is 1. The maximum absolute atomic E-state index is 12.5. The molecule has 1 aromatic carbocycles. The number of benzene rings is 1. The van der Waals surface area contributed by atoms with E-state index < -0.39 is 21.5 Å². The van der Waals surface area contributed by atoms with Gasteiger partial charge in [-0.2, -0.15) is 14.7 Å². The fraction of sp³-hybridized carbons (Fsp3) is 0.429. The van der Waals surface area contributed by atoms with Crippen LogP contribution in [0.4, 0.5) is 5.69 Å². The molecule has 0 fully saturated rings. The van der Waals surface area contributed by atoms with Gasteiger partial charge in [0.05, 0.1) is 10.6 Å². The summed E-state index contributed by atoms with van der Waals surface area (Å²) < 4.78 is 27.4. The summed E-state index contributed by atoms with van der Waals surface area (Å²) in [7, 11) is -3.59. The van der Waals surface area contributed by atoms with Crippen LogP contribution in [0.25, 0.3) is 0 Å². The molecule has 2 rings (SSSR count). The highest BCUT2D eigenvalue weighted by Crippen LogP contribution is 2.18. The zero-order valence-corrected chi connectivity index (χ0v) is 19.0. The molecule has 9 nitrogen and oxygen atoms in total. The van der Waals surface area contributed by atoms with Gasteiger partial charge in [-0.3, -0.25) is 9.59 Å². The second-order valence-electron chi connectivity index (χ2n) is 6.74. The quantitative estimate of drug-likeness (QED) is 0.628. The molecular formula is C21H27N5O4S. The number of amides is 1. The lowest BCUT2D eigenvalue weighted by Crippen LogP contribution is -2.33. The predicted molar refractivity (Wildman–Crippen MR) is 117 cm³/mol. The number of nitrogens with one attached hydrogen (secondary N) is 1. The van der Waals surface area contributed by atoms with E-state index in [4.69, 9.17) is 0 Å². The number of aromatic nitrogens is 2. The molecule has 0 saturated carbocycles. The van der Waals surface area contributed by atoms with Gasteiger partial charge in [-0.05, 0) is 42.7 Å².